The highest BCUT2D eigenvalue weighted by atomic mass is 32.2. The monoisotopic (exact) mass is 263 g/mol. The lowest BCUT2D eigenvalue weighted by atomic mass is 10.1. The molecule has 0 aromatic carbocycles. The van der Waals surface area contributed by atoms with Crippen molar-refractivity contribution in [2.75, 3.05) is 26.2 Å². The number of hydrogen-bond acceptors (Lipinski definition) is 3. The molecular weight excluding hydrogens is 238 g/mol. The maximum Gasteiger partial charge on any atom is 0.279 e. The van der Waals surface area contributed by atoms with Crippen LogP contribution in [-0.4, -0.2) is 44.9 Å². The molecule has 1 aliphatic heterocycles. The number of nitrogens with one attached hydrogen (secondary N) is 2. The molecule has 5 nitrogen and oxygen atoms in total. The Hall–Kier alpha value is -0.170. The molecule has 0 saturated carbocycles. The lowest BCUT2D eigenvalue weighted by Crippen LogP contribution is -2.51. The lowest BCUT2D eigenvalue weighted by Gasteiger charge is -2.28. The molecule has 0 radical (unpaired) electrons. The summed E-state index contributed by atoms with van der Waals surface area (Å²) >= 11 is 0. The Morgan fingerprint density at radius 3 is 2.41 bits per heavy atom. The van der Waals surface area contributed by atoms with Crippen LogP contribution in [0.25, 0.3) is 0 Å². The second kappa shape index (κ2) is 7.31. The fourth-order valence-electron chi connectivity index (χ4n) is 2.09. The number of rotatable bonds is 7. The minimum Gasteiger partial charge on any atom is -0.315 e. The summed E-state index contributed by atoms with van der Waals surface area (Å²) < 4.78 is 28.7. The third kappa shape index (κ3) is 4.91. The maximum absolute atomic E-state index is 12.2. The average Bonchev–Trinajstić information content (AvgIpc) is 2.29. The first-order valence-electron chi connectivity index (χ1n) is 6.58. The van der Waals surface area contributed by atoms with Gasteiger partial charge in [-0.25, -0.2) is 0 Å². The maximum atomic E-state index is 12.2. The summed E-state index contributed by atoms with van der Waals surface area (Å²) in [6.07, 6.45) is 3.67. The zero-order chi connectivity index (χ0) is 12.7. The average molecular weight is 263 g/mol. The summed E-state index contributed by atoms with van der Waals surface area (Å²) in [4.78, 5) is 0. The Morgan fingerprint density at radius 2 is 1.94 bits per heavy atom. The van der Waals surface area contributed by atoms with Gasteiger partial charge in [0, 0.05) is 25.7 Å². The van der Waals surface area contributed by atoms with Gasteiger partial charge in [0.25, 0.3) is 10.2 Å². The first kappa shape index (κ1) is 14.9. The Kier molecular flexibility index (Phi) is 6.40. The van der Waals surface area contributed by atoms with Gasteiger partial charge in [0.2, 0.25) is 0 Å². The van der Waals surface area contributed by atoms with Crippen molar-refractivity contribution in [1.82, 2.24) is 14.3 Å². The van der Waals surface area contributed by atoms with Crippen molar-refractivity contribution in [3.63, 3.8) is 0 Å². The van der Waals surface area contributed by atoms with Gasteiger partial charge in [-0.05, 0) is 32.2 Å². The van der Waals surface area contributed by atoms with E-state index in [4.69, 9.17) is 0 Å². The fraction of sp³-hybridized carbons (Fsp3) is 1.00. The molecule has 17 heavy (non-hydrogen) atoms. The van der Waals surface area contributed by atoms with E-state index >= 15 is 0 Å². The van der Waals surface area contributed by atoms with Crippen LogP contribution in [0.3, 0.4) is 0 Å². The molecule has 1 heterocycles. The van der Waals surface area contributed by atoms with Crippen LogP contribution in [-0.2, 0) is 10.2 Å². The van der Waals surface area contributed by atoms with Gasteiger partial charge in [0.1, 0.15) is 0 Å². The van der Waals surface area contributed by atoms with Crippen molar-refractivity contribution in [2.45, 2.75) is 45.6 Å². The van der Waals surface area contributed by atoms with Gasteiger partial charge in [-0.15, -0.1) is 0 Å². The van der Waals surface area contributed by atoms with Gasteiger partial charge in [-0.3, -0.25) is 0 Å². The van der Waals surface area contributed by atoms with E-state index in [0.29, 0.717) is 13.1 Å². The predicted molar refractivity (Wildman–Crippen MR) is 70.1 cm³/mol. The Labute approximate surface area is 105 Å². The normalized spacial score (nSPS) is 21.9. The predicted octanol–water partition coefficient (Wildman–Crippen LogP) is 0.695. The second-order valence-corrected chi connectivity index (χ2v) is 6.27. The molecule has 102 valence electrons. The largest absolute Gasteiger partial charge is 0.315 e. The number of piperidine rings is 1. The van der Waals surface area contributed by atoms with Gasteiger partial charge in [-0.1, -0.05) is 13.8 Å². The molecule has 0 amide bonds. The van der Waals surface area contributed by atoms with Gasteiger partial charge < -0.3 is 5.32 Å². The van der Waals surface area contributed by atoms with Crippen molar-refractivity contribution < 1.29 is 8.42 Å². The minimum absolute atomic E-state index is 0.0463. The van der Waals surface area contributed by atoms with Crippen LogP contribution in [0.1, 0.15) is 39.5 Å². The first-order valence-corrected chi connectivity index (χ1v) is 8.02. The van der Waals surface area contributed by atoms with E-state index in [0.717, 1.165) is 38.8 Å². The topological polar surface area (TPSA) is 61.4 Å². The zero-order valence-corrected chi connectivity index (χ0v) is 11.7. The summed E-state index contributed by atoms with van der Waals surface area (Å²) in [6.45, 7) is 6.94. The molecule has 1 aliphatic rings. The highest BCUT2D eigenvalue weighted by Gasteiger charge is 2.24. The van der Waals surface area contributed by atoms with E-state index in [2.05, 4.69) is 10.0 Å². The summed E-state index contributed by atoms with van der Waals surface area (Å²) in [5.41, 5.74) is 0. The van der Waals surface area contributed by atoms with Gasteiger partial charge in [-0.2, -0.15) is 17.4 Å². The molecule has 1 saturated heterocycles. The molecule has 1 fully saturated rings. The third-order valence-electron chi connectivity index (χ3n) is 2.90. The Bertz CT molecular complexity index is 294. The van der Waals surface area contributed by atoms with Crippen molar-refractivity contribution in [3.05, 3.63) is 0 Å². The highest BCUT2D eigenvalue weighted by Crippen LogP contribution is 2.07. The third-order valence-corrected chi connectivity index (χ3v) is 4.57. The van der Waals surface area contributed by atoms with Crippen molar-refractivity contribution in [3.8, 4) is 0 Å². The lowest BCUT2D eigenvalue weighted by molar-refractivity contribution is 0.377. The summed E-state index contributed by atoms with van der Waals surface area (Å²) in [5.74, 6) is 0. The van der Waals surface area contributed by atoms with Crippen LogP contribution < -0.4 is 10.0 Å². The quantitative estimate of drug-likeness (QED) is 0.710. The minimum atomic E-state index is -3.30. The molecule has 1 atom stereocenters. The van der Waals surface area contributed by atoms with Crippen LogP contribution in [0.2, 0.25) is 0 Å². The molecule has 0 unspecified atom stereocenters. The molecule has 0 bridgehead atoms. The van der Waals surface area contributed by atoms with Crippen LogP contribution in [0, 0.1) is 0 Å². The number of nitrogens with zero attached hydrogens (tertiary/aromatic N) is 1. The zero-order valence-electron chi connectivity index (χ0n) is 10.9. The SMILES string of the molecule is CCCN(CCC)S(=O)(=O)N[C@@H]1CCCNC1. The molecule has 2 N–H and O–H groups in total. The van der Waals surface area contributed by atoms with Crippen LogP contribution in [0.5, 0.6) is 0 Å². The van der Waals surface area contributed by atoms with Crippen LogP contribution in [0.4, 0.5) is 0 Å². The molecule has 0 aromatic heterocycles. The van der Waals surface area contributed by atoms with E-state index < -0.39 is 10.2 Å². The first-order chi connectivity index (χ1) is 8.10. The molecular formula is C11H25N3O2S. The molecule has 0 aliphatic carbocycles. The van der Waals surface area contributed by atoms with Gasteiger partial charge in [0.05, 0.1) is 0 Å². The highest BCUT2D eigenvalue weighted by molar-refractivity contribution is 7.87. The molecule has 0 aromatic rings. The summed E-state index contributed by atoms with van der Waals surface area (Å²) in [7, 11) is -3.30. The standard InChI is InChI=1S/C11H25N3O2S/c1-3-8-14(9-4-2)17(15,16)13-11-6-5-7-12-10-11/h11-13H,3-10H2,1-2H3/t11-/m1/s1. The van der Waals surface area contributed by atoms with Crippen LogP contribution in [0.15, 0.2) is 0 Å². The van der Waals surface area contributed by atoms with E-state index in [1.165, 1.54) is 0 Å². The Balaban J connectivity index is 2.56. The van der Waals surface area contributed by atoms with E-state index in [1.54, 1.807) is 4.31 Å². The Morgan fingerprint density at radius 1 is 1.29 bits per heavy atom. The molecule has 1 rings (SSSR count). The van der Waals surface area contributed by atoms with Crippen molar-refractivity contribution in [1.29, 1.82) is 0 Å². The van der Waals surface area contributed by atoms with Crippen LogP contribution >= 0.6 is 0 Å². The summed E-state index contributed by atoms with van der Waals surface area (Å²) in [6, 6.07) is 0.0463. The smallest absolute Gasteiger partial charge is 0.279 e. The summed E-state index contributed by atoms with van der Waals surface area (Å²) in [5, 5.41) is 3.21. The van der Waals surface area contributed by atoms with Gasteiger partial charge >= 0.3 is 0 Å². The van der Waals surface area contributed by atoms with E-state index in [9.17, 15) is 8.42 Å². The molecule has 6 heteroatoms. The van der Waals surface area contributed by atoms with Crippen molar-refractivity contribution in [2.24, 2.45) is 0 Å². The number of hydrogen-bond donors (Lipinski definition) is 2. The van der Waals surface area contributed by atoms with E-state index in [1.807, 2.05) is 13.8 Å². The fourth-order valence-corrected chi connectivity index (χ4v) is 3.71. The van der Waals surface area contributed by atoms with Crippen molar-refractivity contribution >= 4 is 10.2 Å². The second-order valence-electron chi connectivity index (χ2n) is 4.57. The van der Waals surface area contributed by atoms with E-state index in [-0.39, 0.29) is 6.04 Å². The molecule has 0 spiro atoms. The van der Waals surface area contributed by atoms with Gasteiger partial charge in [0.15, 0.2) is 0 Å².